The van der Waals surface area contributed by atoms with Crippen LogP contribution in [0.1, 0.15) is 94.5 Å². The molecule has 0 aromatic heterocycles. The van der Waals surface area contributed by atoms with Gasteiger partial charge in [0.1, 0.15) is 0 Å². The van der Waals surface area contributed by atoms with Crippen LogP contribution in [0, 0.1) is 0 Å². The van der Waals surface area contributed by atoms with Crippen LogP contribution in [0.3, 0.4) is 0 Å². The van der Waals surface area contributed by atoms with E-state index >= 15 is 0 Å². The fourth-order valence-electron chi connectivity index (χ4n) is 20.7. The van der Waals surface area contributed by atoms with E-state index in [0.29, 0.717) is 0 Å². The molecule has 106 heavy (non-hydrogen) atoms. The molecule has 0 N–H and O–H groups in total. The van der Waals surface area contributed by atoms with Crippen molar-refractivity contribution < 1.29 is 4.74 Å². The predicted molar refractivity (Wildman–Crippen MR) is 436 cm³/mol. The Bertz CT molecular complexity index is 6050. The smallest absolute Gasteiger partial charge is 0.151 e. The molecule has 0 saturated heterocycles. The lowest BCUT2D eigenvalue weighted by Gasteiger charge is -2.38. The van der Waals surface area contributed by atoms with Crippen LogP contribution in [0.25, 0.3) is 122 Å². The number of nitrogens with zero attached hydrogens (tertiary/aromatic N) is 1. The lowest BCUT2D eigenvalue weighted by molar-refractivity contribution is 0.474. The molecule has 16 aromatic rings. The van der Waals surface area contributed by atoms with E-state index in [-0.39, 0.29) is 10.8 Å². The highest BCUT2D eigenvalue weighted by molar-refractivity contribution is 6.08. The number of ether oxygens (including phenoxy) is 1. The first kappa shape index (κ1) is 59.6. The van der Waals surface area contributed by atoms with Gasteiger partial charge in [-0.15, -0.1) is 0 Å². The summed E-state index contributed by atoms with van der Waals surface area (Å²) in [4.78, 5) is 2.66. The minimum absolute atomic E-state index is 0.256. The van der Waals surface area contributed by atoms with Crippen LogP contribution in [-0.4, -0.2) is 0 Å². The van der Waals surface area contributed by atoms with Gasteiger partial charge in [0, 0.05) is 22.0 Å². The van der Waals surface area contributed by atoms with Crippen LogP contribution in [0.4, 0.5) is 17.1 Å². The highest BCUT2D eigenvalue weighted by atomic mass is 16.5. The molecule has 0 amide bonds. The standard InChI is InChI=1S/C104H69NO/c1-101(2)84-38-20-14-36-74(84)78-56-92-80(54-90(78)101)82-58-96-98(60-94(82)103(92)86-40-22-16-32-70(86)71-33-17-23-41-87(71)103)106-99-61-95-83(81-55-91-79(75-37-15-21-39-85(75)102(91,3)4)57-93(81)104(95)88-42-24-18-34-72(88)73-35-19-25-43-89(73)104)59-97(99)105(96)100-76(67-48-44-65(45-49-67)62-26-8-5-9-27-62)52-69(64-30-12-7-13-31-64)53-77(100)68-50-46-66(47-51-68)63-28-10-6-11-29-63/h5-61H,1-4H3. The zero-order valence-corrected chi connectivity index (χ0v) is 59.3. The van der Waals surface area contributed by atoms with Gasteiger partial charge >= 0.3 is 0 Å². The summed E-state index contributed by atoms with van der Waals surface area (Å²) in [6.07, 6.45) is 0. The van der Waals surface area contributed by atoms with E-state index in [4.69, 9.17) is 4.74 Å². The summed E-state index contributed by atoms with van der Waals surface area (Å²) in [5.74, 6) is 1.60. The molecule has 1 aliphatic heterocycles. The van der Waals surface area contributed by atoms with Crippen molar-refractivity contribution in [3.05, 3.63) is 413 Å². The summed E-state index contributed by atoms with van der Waals surface area (Å²) in [6, 6.07) is 132. The molecule has 2 nitrogen and oxygen atoms in total. The molecule has 1 heterocycles. The summed E-state index contributed by atoms with van der Waals surface area (Å²) in [7, 11) is 0. The van der Waals surface area contributed by atoms with Crippen molar-refractivity contribution in [2.75, 3.05) is 4.90 Å². The number of hydrogen-bond acceptors (Lipinski definition) is 2. The summed E-state index contributed by atoms with van der Waals surface area (Å²) < 4.78 is 8.23. The van der Waals surface area contributed by atoms with Gasteiger partial charge < -0.3 is 9.64 Å². The van der Waals surface area contributed by atoms with Gasteiger partial charge in [0.05, 0.1) is 27.9 Å². The second kappa shape index (κ2) is 21.4. The van der Waals surface area contributed by atoms with Crippen molar-refractivity contribution in [1.82, 2.24) is 0 Å². The third kappa shape index (κ3) is 7.74. The molecular formula is C104H69NO. The van der Waals surface area contributed by atoms with Crippen molar-refractivity contribution in [2.24, 2.45) is 0 Å². The van der Waals surface area contributed by atoms with E-state index in [1.165, 1.54) is 145 Å². The van der Waals surface area contributed by atoms with Gasteiger partial charge in [0.25, 0.3) is 0 Å². The summed E-state index contributed by atoms with van der Waals surface area (Å²) >= 11 is 0. The Morgan fingerprint density at radius 3 is 0.802 bits per heavy atom. The monoisotopic (exact) mass is 1350 g/mol. The zero-order chi connectivity index (χ0) is 70.1. The zero-order valence-electron chi connectivity index (χ0n) is 59.3. The predicted octanol–water partition coefficient (Wildman–Crippen LogP) is 26.9. The first-order chi connectivity index (χ1) is 52.1. The summed E-state index contributed by atoms with van der Waals surface area (Å²) in [6.45, 7) is 9.70. The van der Waals surface area contributed by atoms with Crippen molar-refractivity contribution >= 4 is 17.1 Å². The average Bonchev–Trinajstić information content (AvgIpc) is 1.49. The topological polar surface area (TPSA) is 12.5 Å². The first-order valence-corrected chi connectivity index (χ1v) is 37.4. The Morgan fingerprint density at radius 2 is 0.443 bits per heavy atom. The minimum atomic E-state index is -0.694. The van der Waals surface area contributed by atoms with Gasteiger partial charge in [-0.2, -0.15) is 0 Å². The number of anilines is 3. The van der Waals surface area contributed by atoms with E-state index in [9.17, 15) is 0 Å². The van der Waals surface area contributed by atoms with Gasteiger partial charge in [-0.3, -0.25) is 0 Å². The van der Waals surface area contributed by atoms with Gasteiger partial charge in [-0.25, -0.2) is 0 Å². The molecule has 0 bridgehead atoms. The molecule has 0 atom stereocenters. The highest BCUT2D eigenvalue weighted by Crippen LogP contribution is 2.71. The van der Waals surface area contributed by atoms with Gasteiger partial charge in [0.2, 0.25) is 0 Å². The minimum Gasteiger partial charge on any atom is -0.453 e. The Kier molecular flexibility index (Phi) is 12.0. The number of benzene rings is 16. The molecule has 0 saturated carbocycles. The van der Waals surface area contributed by atoms with Gasteiger partial charge in [-0.05, 0) is 239 Å². The van der Waals surface area contributed by atoms with Crippen molar-refractivity contribution in [2.45, 2.75) is 49.4 Å². The molecule has 2 spiro atoms. The second-order valence-electron chi connectivity index (χ2n) is 31.3. The molecule has 6 aliphatic carbocycles. The molecule has 2 heteroatoms. The fourth-order valence-corrected chi connectivity index (χ4v) is 20.7. The van der Waals surface area contributed by atoms with Crippen molar-refractivity contribution in [3.63, 3.8) is 0 Å². The maximum atomic E-state index is 8.23. The molecule has 23 rings (SSSR count). The maximum Gasteiger partial charge on any atom is 0.151 e. The van der Waals surface area contributed by atoms with Crippen molar-refractivity contribution in [3.8, 4) is 134 Å². The average molecular weight is 1350 g/mol. The van der Waals surface area contributed by atoms with Crippen LogP contribution >= 0.6 is 0 Å². The Morgan fingerprint density at radius 1 is 0.189 bits per heavy atom. The normalized spacial score (nSPS) is 15.2. The van der Waals surface area contributed by atoms with Gasteiger partial charge in [-0.1, -0.05) is 313 Å². The van der Waals surface area contributed by atoms with E-state index in [0.717, 1.165) is 73.1 Å². The number of rotatable bonds is 6. The van der Waals surface area contributed by atoms with Crippen LogP contribution in [0.2, 0.25) is 0 Å². The highest BCUT2D eigenvalue weighted by Gasteiger charge is 2.57. The molecule has 0 fully saturated rings. The van der Waals surface area contributed by atoms with Crippen LogP contribution < -0.4 is 9.64 Å². The Labute approximate surface area is 618 Å². The molecule has 0 unspecified atom stereocenters. The number of fused-ring (bicyclic) bond motifs is 28. The van der Waals surface area contributed by atoms with Crippen molar-refractivity contribution in [1.29, 1.82) is 0 Å². The summed E-state index contributed by atoms with van der Waals surface area (Å²) in [5.41, 5.74) is 43.4. The van der Waals surface area contributed by atoms with E-state index in [1.54, 1.807) is 0 Å². The van der Waals surface area contributed by atoms with E-state index in [1.807, 2.05) is 0 Å². The van der Waals surface area contributed by atoms with E-state index in [2.05, 4.69) is 378 Å². The SMILES string of the molecule is CC1(C)c2ccccc2-c2cc3c(cc21)-c1cc2c(cc1C31c3ccccc3-c3ccccc31)Oc1cc3c(cc1N2c1c(-c2ccc(-c4ccccc4)cc2)cc(-c2ccccc2)cc1-c1ccc(-c2ccccc2)cc1)-c1cc2c(cc1C31c3ccccc3-c3ccccc31)-c1ccccc1C2(C)C. The molecular weight excluding hydrogens is 1280 g/mol. The molecule has 16 aromatic carbocycles. The largest absolute Gasteiger partial charge is 0.453 e. The number of hydrogen-bond donors (Lipinski definition) is 0. The lowest BCUT2D eigenvalue weighted by Crippen LogP contribution is -2.27. The fraction of sp³-hybridized carbons (Fsp3) is 0.0769. The first-order valence-electron chi connectivity index (χ1n) is 37.4. The van der Waals surface area contributed by atoms with Crippen LogP contribution in [-0.2, 0) is 21.7 Å². The van der Waals surface area contributed by atoms with Gasteiger partial charge in [0.15, 0.2) is 11.5 Å². The van der Waals surface area contributed by atoms with Crippen LogP contribution in [0.5, 0.6) is 11.5 Å². The summed E-state index contributed by atoms with van der Waals surface area (Å²) in [5, 5.41) is 0. The van der Waals surface area contributed by atoms with E-state index < -0.39 is 10.8 Å². The lowest BCUT2D eigenvalue weighted by atomic mass is 9.69. The third-order valence-corrected chi connectivity index (χ3v) is 25.5. The Hall–Kier alpha value is -12.9. The molecule has 496 valence electrons. The molecule has 7 aliphatic rings. The third-order valence-electron chi connectivity index (χ3n) is 25.5. The Balaban J connectivity index is 0.867. The van der Waals surface area contributed by atoms with Crippen LogP contribution in [0.15, 0.2) is 346 Å². The molecule has 0 radical (unpaired) electrons. The quantitative estimate of drug-likeness (QED) is 0.165. The maximum absolute atomic E-state index is 8.23. The second-order valence-corrected chi connectivity index (χ2v) is 31.3.